The van der Waals surface area contributed by atoms with Crippen molar-refractivity contribution in [2.45, 2.75) is 0 Å². The van der Waals surface area contributed by atoms with Gasteiger partial charge >= 0.3 is 78.6 Å². The summed E-state index contributed by atoms with van der Waals surface area (Å²) >= 11 is 2.46. The summed E-state index contributed by atoms with van der Waals surface area (Å²) in [6.07, 6.45) is 0. The van der Waals surface area contributed by atoms with Gasteiger partial charge in [-0.3, -0.25) is 0 Å². The second-order valence-electron chi connectivity index (χ2n) is 2.17. The van der Waals surface area contributed by atoms with Crippen LogP contribution in [-0.4, -0.2) is 26.6 Å². The molecule has 0 atom stereocenters. The second-order valence-corrected chi connectivity index (χ2v) is 2.98. The fourth-order valence-electron chi connectivity index (χ4n) is 0.783. The summed E-state index contributed by atoms with van der Waals surface area (Å²) < 4.78 is 0.0938. The first-order valence-electron chi connectivity index (χ1n) is 3.35. The third-order valence-electron chi connectivity index (χ3n) is 1.29. The summed E-state index contributed by atoms with van der Waals surface area (Å²) in [5.41, 5.74) is 6.42. The minimum absolute atomic E-state index is 0.0938. The number of hydrogen-bond acceptors (Lipinski definition) is 1. The Morgan fingerprint density at radius 1 is 1.33 bits per heavy atom. The molecule has 4 heteroatoms. The van der Waals surface area contributed by atoms with Gasteiger partial charge in [0.25, 0.3) is 0 Å². The number of aliphatic imine (C=N–C) groups is 1. The normalized spacial score (nSPS) is 11.2. The van der Waals surface area contributed by atoms with Crippen LogP contribution in [0.5, 0.6) is 0 Å². The molecule has 1 radical (unpaired) electrons. The standard InChI is InChI=1S/C8H8N3Se/c9-7(11-8(10)12)6-4-2-1-3-5-6/h1-5H,(H3,9,10,11). The van der Waals surface area contributed by atoms with E-state index < -0.39 is 0 Å². The molecule has 0 aliphatic heterocycles. The van der Waals surface area contributed by atoms with E-state index in [1.807, 2.05) is 30.3 Å². The molecule has 0 unspecified atom stereocenters. The van der Waals surface area contributed by atoms with E-state index in [1.165, 1.54) is 0 Å². The van der Waals surface area contributed by atoms with Crippen LogP contribution >= 0.6 is 0 Å². The molecule has 3 N–H and O–H groups in total. The van der Waals surface area contributed by atoms with E-state index in [2.05, 4.69) is 21.0 Å². The molecule has 0 aliphatic rings. The molecule has 0 heterocycles. The van der Waals surface area contributed by atoms with Crippen molar-refractivity contribution in [3.8, 4) is 0 Å². The molecule has 0 saturated heterocycles. The molecule has 0 amide bonds. The first-order valence-corrected chi connectivity index (χ1v) is 4.21. The van der Waals surface area contributed by atoms with Gasteiger partial charge in [0.15, 0.2) is 0 Å². The fraction of sp³-hybridized carbons (Fsp3) is 0. The van der Waals surface area contributed by atoms with Crippen LogP contribution in [0.25, 0.3) is 0 Å². The number of nitrogens with one attached hydrogen (secondary N) is 1. The van der Waals surface area contributed by atoms with Crippen LogP contribution in [0.2, 0.25) is 0 Å². The van der Waals surface area contributed by atoms with Crippen molar-refractivity contribution in [2.24, 2.45) is 10.7 Å². The summed E-state index contributed by atoms with van der Waals surface area (Å²) in [6, 6.07) is 9.35. The Morgan fingerprint density at radius 3 is 2.42 bits per heavy atom. The van der Waals surface area contributed by atoms with E-state index in [0.29, 0.717) is 5.84 Å². The van der Waals surface area contributed by atoms with Gasteiger partial charge in [-0.25, -0.2) is 0 Å². The fourth-order valence-corrected chi connectivity index (χ4v) is 0.989. The quantitative estimate of drug-likeness (QED) is 0.408. The molecule has 1 rings (SSSR count). The van der Waals surface area contributed by atoms with Gasteiger partial charge in [0.2, 0.25) is 0 Å². The predicted octanol–water partition coefficient (Wildman–Crippen LogP) is 0.495. The third kappa shape index (κ3) is 2.49. The summed E-state index contributed by atoms with van der Waals surface area (Å²) in [7, 11) is 0. The number of hydrogen-bond donors (Lipinski definition) is 2. The third-order valence-corrected chi connectivity index (χ3v) is 1.48. The van der Waals surface area contributed by atoms with Crippen LogP contribution in [0.4, 0.5) is 0 Å². The first kappa shape index (κ1) is 8.97. The molecule has 0 fully saturated rings. The molecule has 0 spiro atoms. The van der Waals surface area contributed by atoms with E-state index in [-0.39, 0.29) is 4.73 Å². The van der Waals surface area contributed by atoms with Crippen molar-refractivity contribution < 1.29 is 0 Å². The topological polar surface area (TPSA) is 62.2 Å². The SMILES string of the molecule is N=C([Se])/N=C(\N)c1ccccc1. The minimum atomic E-state index is 0.0938. The molecule has 0 aromatic heterocycles. The predicted molar refractivity (Wildman–Crippen MR) is 50.6 cm³/mol. The Balaban J connectivity index is 2.93. The first-order chi connectivity index (χ1) is 5.70. The summed E-state index contributed by atoms with van der Waals surface area (Å²) in [5, 5.41) is 7.05. The van der Waals surface area contributed by atoms with Crippen molar-refractivity contribution >= 4 is 26.6 Å². The maximum atomic E-state index is 7.05. The molecule has 61 valence electrons. The van der Waals surface area contributed by atoms with Crippen LogP contribution in [0.1, 0.15) is 5.56 Å². The van der Waals surface area contributed by atoms with Gasteiger partial charge in [0.05, 0.1) is 0 Å². The average molecular weight is 225 g/mol. The van der Waals surface area contributed by atoms with Crippen molar-refractivity contribution in [1.29, 1.82) is 5.41 Å². The number of nitrogens with two attached hydrogens (primary N) is 1. The van der Waals surface area contributed by atoms with Gasteiger partial charge < -0.3 is 0 Å². The van der Waals surface area contributed by atoms with Crippen molar-refractivity contribution in [2.75, 3.05) is 0 Å². The number of rotatable bonds is 1. The Kier molecular flexibility index (Phi) is 3.02. The van der Waals surface area contributed by atoms with Gasteiger partial charge in [-0.2, -0.15) is 0 Å². The average Bonchev–Trinajstić information content (AvgIpc) is 2.05. The van der Waals surface area contributed by atoms with Crippen molar-refractivity contribution in [3.63, 3.8) is 0 Å². The van der Waals surface area contributed by atoms with E-state index in [4.69, 9.17) is 11.1 Å². The van der Waals surface area contributed by atoms with E-state index >= 15 is 0 Å². The van der Waals surface area contributed by atoms with Crippen LogP contribution in [0.3, 0.4) is 0 Å². The molecule has 12 heavy (non-hydrogen) atoms. The second kappa shape index (κ2) is 4.04. The molecule has 0 saturated carbocycles. The molecule has 1 aromatic carbocycles. The van der Waals surface area contributed by atoms with Gasteiger partial charge in [-0.05, 0) is 0 Å². The Hall–Kier alpha value is -1.12. The Bertz CT molecular complexity index is 305. The monoisotopic (exact) mass is 226 g/mol. The zero-order valence-corrected chi connectivity index (χ0v) is 8.03. The van der Waals surface area contributed by atoms with Crippen molar-refractivity contribution in [3.05, 3.63) is 35.9 Å². The van der Waals surface area contributed by atoms with Crippen LogP contribution in [-0.2, 0) is 0 Å². The van der Waals surface area contributed by atoms with Crippen LogP contribution < -0.4 is 5.73 Å². The summed E-state index contributed by atoms with van der Waals surface area (Å²) in [6.45, 7) is 0. The Labute approximate surface area is 79.0 Å². The van der Waals surface area contributed by atoms with Gasteiger partial charge in [0.1, 0.15) is 0 Å². The van der Waals surface area contributed by atoms with Crippen LogP contribution in [0, 0.1) is 5.41 Å². The van der Waals surface area contributed by atoms with E-state index in [9.17, 15) is 0 Å². The summed E-state index contributed by atoms with van der Waals surface area (Å²) in [4.78, 5) is 3.77. The van der Waals surface area contributed by atoms with Gasteiger partial charge in [0, 0.05) is 0 Å². The van der Waals surface area contributed by atoms with E-state index in [0.717, 1.165) is 5.56 Å². The molecule has 0 aliphatic carbocycles. The molecule has 1 aromatic rings. The Morgan fingerprint density at radius 2 is 1.92 bits per heavy atom. The molecule has 0 bridgehead atoms. The molecule has 3 nitrogen and oxygen atoms in total. The number of nitrogens with zero attached hydrogens (tertiary/aromatic N) is 1. The van der Waals surface area contributed by atoms with E-state index in [1.54, 1.807) is 0 Å². The summed E-state index contributed by atoms with van der Waals surface area (Å²) in [5.74, 6) is 0.361. The van der Waals surface area contributed by atoms with Crippen LogP contribution in [0.15, 0.2) is 35.3 Å². The van der Waals surface area contributed by atoms with Gasteiger partial charge in [-0.15, -0.1) is 0 Å². The zero-order valence-electron chi connectivity index (χ0n) is 6.32. The zero-order chi connectivity index (χ0) is 8.97. The number of benzene rings is 1. The number of amidine groups is 2. The molecular formula is C8H8N3Se. The molecular weight excluding hydrogens is 217 g/mol. The maximum absolute atomic E-state index is 7.05. The van der Waals surface area contributed by atoms with Crippen molar-refractivity contribution in [1.82, 2.24) is 0 Å². The van der Waals surface area contributed by atoms with Gasteiger partial charge in [-0.1, -0.05) is 0 Å².